The second-order valence-corrected chi connectivity index (χ2v) is 10.2. The number of imide groups is 1. The molecule has 2 aliphatic rings. The van der Waals surface area contributed by atoms with Gasteiger partial charge >= 0.3 is 17.9 Å². The third-order valence-electron chi connectivity index (χ3n) is 7.39. The third-order valence-corrected chi connectivity index (χ3v) is 7.39. The fourth-order valence-corrected chi connectivity index (χ4v) is 4.65. The first kappa shape index (κ1) is 31.6. The Morgan fingerprint density at radius 1 is 0.780 bits per heavy atom. The van der Waals surface area contributed by atoms with E-state index in [1.54, 1.807) is 47.6 Å². The number of pyridine rings is 1. The van der Waals surface area contributed by atoms with Crippen LogP contribution in [-0.4, -0.2) is 127 Å². The number of carbonyl (C=O) groups is 5. The van der Waals surface area contributed by atoms with Crippen molar-refractivity contribution in [2.75, 3.05) is 39.3 Å². The summed E-state index contributed by atoms with van der Waals surface area (Å²) in [5, 5.41) is 29.1. The highest BCUT2D eigenvalue weighted by atomic mass is 16.5. The lowest BCUT2D eigenvalue weighted by Crippen LogP contribution is -2.50. The van der Waals surface area contributed by atoms with E-state index < -0.39 is 36.0 Å². The summed E-state index contributed by atoms with van der Waals surface area (Å²) in [6.45, 7) is 6.22. The number of rotatable bonds is 11. The molecule has 224 valence electrons. The number of amides is 2. The largest absolute Gasteiger partial charge is 0.493 e. The second kappa shape index (κ2) is 14.1. The van der Waals surface area contributed by atoms with Crippen molar-refractivity contribution in [2.45, 2.75) is 58.4 Å². The van der Waals surface area contributed by atoms with Crippen molar-refractivity contribution in [3.05, 3.63) is 35.7 Å². The molecule has 14 nitrogen and oxygen atoms in total. The highest BCUT2D eigenvalue weighted by Gasteiger charge is 2.29. The lowest BCUT2D eigenvalue weighted by atomic mass is 10.1. The van der Waals surface area contributed by atoms with Gasteiger partial charge in [-0.15, -0.1) is 0 Å². The summed E-state index contributed by atoms with van der Waals surface area (Å²) >= 11 is 0. The van der Waals surface area contributed by atoms with Crippen molar-refractivity contribution >= 4 is 29.7 Å². The van der Waals surface area contributed by atoms with Gasteiger partial charge in [0.1, 0.15) is 23.9 Å². The van der Waals surface area contributed by atoms with Gasteiger partial charge in [-0.05, 0) is 27.2 Å². The smallest absolute Gasteiger partial charge is 0.320 e. The lowest BCUT2D eigenvalue weighted by Gasteiger charge is -2.35. The number of ether oxygens (including phenoxy) is 1. The number of carbonyl (C=O) groups excluding carboxylic acids is 2. The summed E-state index contributed by atoms with van der Waals surface area (Å²) in [4.78, 5) is 70.0. The average Bonchev–Trinajstić information content (AvgIpc) is 3.24. The summed E-state index contributed by atoms with van der Waals surface area (Å²) in [7, 11) is 0. The van der Waals surface area contributed by atoms with E-state index >= 15 is 0 Å². The Hall–Kier alpha value is -3.88. The Kier molecular flexibility index (Phi) is 10.9. The molecule has 0 radical (unpaired) electrons. The molecule has 0 saturated carbocycles. The second-order valence-electron chi connectivity index (χ2n) is 10.2. The number of carboxylic acid groups (broad SMARTS) is 3. The first-order valence-corrected chi connectivity index (χ1v) is 13.4. The summed E-state index contributed by atoms with van der Waals surface area (Å²) < 4.78 is 5.93. The Balaban J connectivity index is 1.87. The van der Waals surface area contributed by atoms with Crippen molar-refractivity contribution in [2.24, 2.45) is 0 Å². The van der Waals surface area contributed by atoms with E-state index in [0.29, 0.717) is 23.6 Å². The minimum Gasteiger partial charge on any atom is -0.493 e. The number of hydrogen-bond acceptors (Lipinski definition) is 10. The molecule has 14 heteroatoms. The first-order valence-electron chi connectivity index (χ1n) is 13.4. The van der Waals surface area contributed by atoms with Gasteiger partial charge in [-0.2, -0.15) is 0 Å². The van der Waals surface area contributed by atoms with Crippen LogP contribution in [0, 0.1) is 0 Å². The number of nitrogens with zero attached hydrogens (tertiary/aromatic N) is 5. The third kappa shape index (κ3) is 8.55. The van der Waals surface area contributed by atoms with Crippen LogP contribution < -0.4 is 4.74 Å². The quantitative estimate of drug-likeness (QED) is 0.239. The van der Waals surface area contributed by atoms with E-state index in [9.17, 15) is 39.3 Å². The van der Waals surface area contributed by atoms with Crippen LogP contribution in [0.15, 0.2) is 24.3 Å². The van der Waals surface area contributed by atoms with Crippen LogP contribution in [0.4, 0.5) is 0 Å². The number of aromatic nitrogens is 1. The molecule has 0 aromatic carbocycles. The highest BCUT2D eigenvalue weighted by Crippen LogP contribution is 2.21. The van der Waals surface area contributed by atoms with Crippen molar-refractivity contribution < 1.29 is 44.0 Å². The lowest BCUT2D eigenvalue weighted by molar-refractivity contribution is -0.145. The minimum atomic E-state index is -1.04. The van der Waals surface area contributed by atoms with E-state index in [0.717, 1.165) is 4.90 Å². The number of aliphatic carboxylic acids is 3. The van der Waals surface area contributed by atoms with Crippen LogP contribution in [0.2, 0.25) is 0 Å². The molecular formula is C27H37N5O9. The molecule has 1 aromatic rings. The van der Waals surface area contributed by atoms with Gasteiger partial charge in [0.2, 0.25) is 0 Å². The Morgan fingerprint density at radius 2 is 1.20 bits per heavy atom. The van der Waals surface area contributed by atoms with Crippen LogP contribution in [0.1, 0.15) is 38.6 Å². The normalized spacial score (nSPS) is 19.7. The number of fused-ring (bicyclic) bond motifs is 2. The van der Waals surface area contributed by atoms with Gasteiger partial charge in [-0.1, -0.05) is 0 Å². The van der Waals surface area contributed by atoms with E-state index in [1.165, 1.54) is 12.2 Å². The zero-order chi connectivity index (χ0) is 30.3. The molecular weight excluding hydrogens is 538 g/mol. The SMILES string of the molecule is CC(C(=O)O)N1CCN(C(C)C(=O)O)Cc2cc(OCCCN3C(=O)C=CC3=O)cc(n2)CN(C(C)C(=O)O)CC1. The Labute approximate surface area is 237 Å². The molecule has 0 fully saturated rings. The van der Waals surface area contributed by atoms with Gasteiger partial charge < -0.3 is 20.1 Å². The molecule has 3 unspecified atom stereocenters. The predicted molar refractivity (Wildman–Crippen MR) is 144 cm³/mol. The maximum Gasteiger partial charge on any atom is 0.320 e. The number of carboxylic acids is 3. The molecule has 0 aliphatic carbocycles. The Bertz CT molecular complexity index is 1120. The fourth-order valence-electron chi connectivity index (χ4n) is 4.65. The average molecular weight is 576 g/mol. The van der Waals surface area contributed by atoms with Crippen molar-refractivity contribution in [3.8, 4) is 5.75 Å². The number of hydrogen-bond donors (Lipinski definition) is 3. The van der Waals surface area contributed by atoms with Gasteiger partial charge in [-0.3, -0.25) is 48.6 Å². The molecule has 3 heterocycles. The van der Waals surface area contributed by atoms with E-state index in [1.807, 2.05) is 0 Å². The molecule has 1 aromatic heterocycles. The molecule has 3 N–H and O–H groups in total. The van der Waals surface area contributed by atoms with E-state index in [2.05, 4.69) is 4.98 Å². The van der Waals surface area contributed by atoms with E-state index in [4.69, 9.17) is 4.74 Å². The van der Waals surface area contributed by atoms with Gasteiger partial charge in [-0.25, -0.2) is 0 Å². The molecule has 2 amide bonds. The molecule has 0 spiro atoms. The molecule has 41 heavy (non-hydrogen) atoms. The molecule has 3 rings (SSSR count). The van der Waals surface area contributed by atoms with Crippen LogP contribution in [0.5, 0.6) is 5.75 Å². The minimum absolute atomic E-state index is 0.129. The van der Waals surface area contributed by atoms with Crippen LogP contribution >= 0.6 is 0 Å². The first-order chi connectivity index (χ1) is 19.4. The van der Waals surface area contributed by atoms with Gasteiger partial charge in [0.25, 0.3) is 11.8 Å². The summed E-state index contributed by atoms with van der Waals surface area (Å²) in [6, 6.07) is 0.713. The maximum absolute atomic E-state index is 11.9. The topological polar surface area (TPSA) is 181 Å². The van der Waals surface area contributed by atoms with Crippen molar-refractivity contribution in [1.82, 2.24) is 24.6 Å². The zero-order valence-corrected chi connectivity index (χ0v) is 23.4. The fraction of sp³-hybridized carbons (Fsp3) is 0.556. The standard InChI is InChI=1S/C27H37N5O9/c1-17(25(35)36)29-8-10-30(18(2)26(37)38)15-20-13-22(41-12-4-7-32-23(33)5-6-24(32)34)14-21(28-20)16-31(11-9-29)19(3)27(39)40/h5-6,13-14,17-19H,4,7-12,15-16H2,1-3H3,(H,35,36)(H,37,38)(H,39,40). The molecule has 3 atom stereocenters. The van der Waals surface area contributed by atoms with Crippen LogP contribution in [0.3, 0.4) is 0 Å². The Morgan fingerprint density at radius 3 is 1.63 bits per heavy atom. The molecule has 0 saturated heterocycles. The zero-order valence-electron chi connectivity index (χ0n) is 23.4. The van der Waals surface area contributed by atoms with Crippen molar-refractivity contribution in [1.29, 1.82) is 0 Å². The summed E-state index contributed by atoms with van der Waals surface area (Å²) in [5.74, 6) is -3.42. The van der Waals surface area contributed by atoms with Crippen LogP contribution in [0.25, 0.3) is 0 Å². The summed E-state index contributed by atoms with van der Waals surface area (Å²) in [5.41, 5.74) is 1.00. The summed E-state index contributed by atoms with van der Waals surface area (Å²) in [6.07, 6.45) is 2.82. The maximum atomic E-state index is 11.9. The molecule has 2 aliphatic heterocycles. The van der Waals surface area contributed by atoms with E-state index in [-0.39, 0.29) is 64.2 Å². The highest BCUT2D eigenvalue weighted by molar-refractivity contribution is 6.12. The monoisotopic (exact) mass is 575 g/mol. The van der Waals surface area contributed by atoms with Gasteiger partial charge in [0.05, 0.1) is 18.0 Å². The molecule has 2 bridgehead atoms. The van der Waals surface area contributed by atoms with Gasteiger partial charge in [0.15, 0.2) is 0 Å². The van der Waals surface area contributed by atoms with Gasteiger partial charge in [0, 0.05) is 70.1 Å². The van der Waals surface area contributed by atoms with Crippen molar-refractivity contribution in [3.63, 3.8) is 0 Å². The van der Waals surface area contributed by atoms with Crippen LogP contribution in [-0.2, 0) is 37.1 Å². The predicted octanol–water partition coefficient (Wildman–Crippen LogP) is 0.114.